The van der Waals surface area contributed by atoms with Crippen molar-refractivity contribution < 1.29 is 9.90 Å². The highest BCUT2D eigenvalue weighted by Gasteiger charge is 2.19. The molecule has 2 N–H and O–H groups in total. The molecule has 6 heteroatoms. The zero-order valence-electron chi connectivity index (χ0n) is 13.9. The van der Waals surface area contributed by atoms with E-state index in [1.54, 1.807) is 17.1 Å². The molecule has 2 aromatic rings. The van der Waals surface area contributed by atoms with E-state index in [4.69, 9.17) is 0 Å². The van der Waals surface area contributed by atoms with Gasteiger partial charge in [0.05, 0.1) is 11.6 Å². The Bertz CT molecular complexity index is 637. The van der Waals surface area contributed by atoms with Crippen LogP contribution in [0.5, 0.6) is 0 Å². The van der Waals surface area contributed by atoms with Gasteiger partial charge < -0.3 is 10.4 Å². The summed E-state index contributed by atoms with van der Waals surface area (Å²) >= 11 is 0. The highest BCUT2D eigenvalue weighted by atomic mass is 16.4. The van der Waals surface area contributed by atoms with Crippen molar-refractivity contribution in [3.05, 3.63) is 36.3 Å². The van der Waals surface area contributed by atoms with Crippen LogP contribution >= 0.6 is 0 Å². The minimum atomic E-state index is -0.744. The number of nitrogens with one attached hydrogen (secondary N) is 1. The Hall–Kier alpha value is -2.21. The molecule has 0 aromatic carbocycles. The predicted octanol–water partition coefficient (Wildman–Crippen LogP) is 2.32. The van der Waals surface area contributed by atoms with Gasteiger partial charge in [-0.2, -0.15) is 5.10 Å². The second kappa shape index (κ2) is 7.87. The van der Waals surface area contributed by atoms with Crippen LogP contribution in [-0.2, 0) is 18.4 Å². The third-order valence-electron chi connectivity index (χ3n) is 3.67. The highest BCUT2D eigenvalue weighted by molar-refractivity contribution is 5.70. The van der Waals surface area contributed by atoms with E-state index in [0.717, 1.165) is 16.8 Å². The first-order valence-corrected chi connectivity index (χ1v) is 7.83. The van der Waals surface area contributed by atoms with Gasteiger partial charge in [-0.1, -0.05) is 13.8 Å². The summed E-state index contributed by atoms with van der Waals surface area (Å²) in [5.74, 6) is -0.744. The third-order valence-corrected chi connectivity index (χ3v) is 3.67. The molecular formula is C17H24N4O2. The average Bonchev–Trinajstić information content (AvgIpc) is 2.87. The van der Waals surface area contributed by atoms with Gasteiger partial charge in [0, 0.05) is 49.9 Å². The minimum Gasteiger partial charge on any atom is -0.481 e. The van der Waals surface area contributed by atoms with E-state index in [0.29, 0.717) is 25.4 Å². The molecule has 0 saturated heterocycles. The van der Waals surface area contributed by atoms with Crippen LogP contribution in [0, 0.1) is 11.8 Å². The van der Waals surface area contributed by atoms with Crippen molar-refractivity contribution in [1.29, 1.82) is 0 Å². The van der Waals surface area contributed by atoms with E-state index >= 15 is 0 Å². The number of carboxylic acid groups (broad SMARTS) is 1. The van der Waals surface area contributed by atoms with Gasteiger partial charge in [0.25, 0.3) is 0 Å². The molecule has 0 amide bonds. The summed E-state index contributed by atoms with van der Waals surface area (Å²) < 4.78 is 1.77. The van der Waals surface area contributed by atoms with E-state index in [1.807, 2.05) is 39.2 Å². The number of aliphatic carboxylic acids is 1. The van der Waals surface area contributed by atoms with Crippen LogP contribution in [0.2, 0.25) is 0 Å². The smallest absolute Gasteiger partial charge is 0.307 e. The minimum absolute atomic E-state index is 0.365. The summed E-state index contributed by atoms with van der Waals surface area (Å²) in [4.78, 5) is 15.3. The third kappa shape index (κ3) is 4.89. The van der Waals surface area contributed by atoms with Crippen molar-refractivity contribution in [3.8, 4) is 11.3 Å². The van der Waals surface area contributed by atoms with Crippen LogP contribution in [0.4, 0.5) is 0 Å². The lowest BCUT2D eigenvalue weighted by Gasteiger charge is -2.15. The largest absolute Gasteiger partial charge is 0.481 e. The van der Waals surface area contributed by atoms with Crippen LogP contribution in [0.3, 0.4) is 0 Å². The molecule has 0 aliphatic rings. The number of pyridine rings is 1. The Balaban J connectivity index is 2.02. The Morgan fingerprint density at radius 1 is 1.35 bits per heavy atom. The van der Waals surface area contributed by atoms with E-state index in [2.05, 4.69) is 15.4 Å². The Morgan fingerprint density at radius 2 is 2.04 bits per heavy atom. The fourth-order valence-electron chi connectivity index (χ4n) is 2.64. The molecule has 1 unspecified atom stereocenters. The number of aromatic nitrogens is 3. The second-order valence-corrected chi connectivity index (χ2v) is 6.21. The fourth-order valence-corrected chi connectivity index (χ4v) is 2.64. The zero-order valence-corrected chi connectivity index (χ0v) is 13.9. The molecule has 0 spiro atoms. The molecule has 2 rings (SSSR count). The van der Waals surface area contributed by atoms with Gasteiger partial charge in [0.2, 0.25) is 0 Å². The van der Waals surface area contributed by atoms with Crippen LogP contribution in [0.15, 0.2) is 30.7 Å². The lowest BCUT2D eigenvalue weighted by atomic mass is 9.97. The molecule has 23 heavy (non-hydrogen) atoms. The molecule has 1 atom stereocenters. The summed E-state index contributed by atoms with van der Waals surface area (Å²) in [6.45, 7) is 5.13. The number of nitrogens with zero attached hydrogens (tertiary/aromatic N) is 3. The molecule has 0 aliphatic heterocycles. The summed E-state index contributed by atoms with van der Waals surface area (Å²) in [7, 11) is 1.88. The SMILES string of the molecule is CC(C)CC(CNCc1cn(C)nc1-c1ccncc1)C(=O)O. The van der Waals surface area contributed by atoms with E-state index in [9.17, 15) is 9.90 Å². The Labute approximate surface area is 136 Å². The first-order valence-electron chi connectivity index (χ1n) is 7.83. The quantitative estimate of drug-likeness (QED) is 0.781. The van der Waals surface area contributed by atoms with Crippen LogP contribution in [0.1, 0.15) is 25.8 Å². The summed E-state index contributed by atoms with van der Waals surface area (Å²) in [6, 6.07) is 3.84. The Morgan fingerprint density at radius 3 is 2.65 bits per heavy atom. The van der Waals surface area contributed by atoms with Gasteiger partial charge in [-0.25, -0.2) is 0 Å². The first-order chi connectivity index (χ1) is 11.0. The normalized spacial score (nSPS) is 12.5. The van der Waals surface area contributed by atoms with Gasteiger partial charge in [-0.05, 0) is 24.5 Å². The topological polar surface area (TPSA) is 80.0 Å². The molecule has 0 fully saturated rings. The van der Waals surface area contributed by atoms with Crippen molar-refractivity contribution in [2.75, 3.05) is 6.54 Å². The van der Waals surface area contributed by atoms with Gasteiger partial charge in [0.1, 0.15) is 0 Å². The lowest BCUT2D eigenvalue weighted by molar-refractivity contribution is -0.142. The van der Waals surface area contributed by atoms with Gasteiger partial charge in [-0.15, -0.1) is 0 Å². The Kier molecular flexibility index (Phi) is 5.87. The molecular weight excluding hydrogens is 292 g/mol. The molecule has 2 aromatic heterocycles. The van der Waals surface area contributed by atoms with Gasteiger partial charge in [-0.3, -0.25) is 14.5 Å². The van der Waals surface area contributed by atoms with Crippen molar-refractivity contribution in [1.82, 2.24) is 20.1 Å². The predicted molar refractivity (Wildman–Crippen MR) is 88.7 cm³/mol. The van der Waals surface area contributed by atoms with Crippen LogP contribution in [0.25, 0.3) is 11.3 Å². The van der Waals surface area contributed by atoms with Crippen molar-refractivity contribution >= 4 is 5.97 Å². The summed E-state index contributed by atoms with van der Waals surface area (Å²) in [5.41, 5.74) is 2.96. The molecule has 2 heterocycles. The molecule has 0 bridgehead atoms. The van der Waals surface area contributed by atoms with Gasteiger partial charge in [0.15, 0.2) is 0 Å². The molecule has 0 radical (unpaired) electrons. The molecule has 0 saturated carbocycles. The highest BCUT2D eigenvalue weighted by Crippen LogP contribution is 2.21. The summed E-state index contributed by atoms with van der Waals surface area (Å²) in [6.07, 6.45) is 6.11. The van der Waals surface area contributed by atoms with Crippen LogP contribution < -0.4 is 5.32 Å². The van der Waals surface area contributed by atoms with E-state index in [1.165, 1.54) is 0 Å². The van der Waals surface area contributed by atoms with Gasteiger partial charge >= 0.3 is 5.97 Å². The van der Waals surface area contributed by atoms with Crippen LogP contribution in [-0.4, -0.2) is 32.4 Å². The zero-order chi connectivity index (χ0) is 16.8. The molecule has 0 aliphatic carbocycles. The van der Waals surface area contributed by atoms with Crippen molar-refractivity contribution in [3.63, 3.8) is 0 Å². The molecule has 124 valence electrons. The second-order valence-electron chi connectivity index (χ2n) is 6.21. The number of carbonyl (C=O) groups is 1. The average molecular weight is 316 g/mol. The standard InChI is InChI=1S/C17H24N4O2/c1-12(2)8-14(17(22)23)9-19-10-15-11-21(3)20-16(15)13-4-6-18-7-5-13/h4-7,11-12,14,19H,8-10H2,1-3H3,(H,22,23). The monoisotopic (exact) mass is 316 g/mol. The first kappa shape index (κ1) is 17.1. The summed E-state index contributed by atoms with van der Waals surface area (Å²) in [5, 5.41) is 17.0. The number of aryl methyl sites for hydroxylation is 1. The number of hydrogen-bond donors (Lipinski definition) is 2. The lowest BCUT2D eigenvalue weighted by Crippen LogP contribution is -2.29. The molecule has 6 nitrogen and oxygen atoms in total. The maximum atomic E-state index is 11.3. The van der Waals surface area contributed by atoms with E-state index < -0.39 is 5.97 Å². The number of hydrogen-bond acceptors (Lipinski definition) is 4. The number of carboxylic acids is 1. The van der Waals surface area contributed by atoms with Crippen molar-refractivity contribution in [2.45, 2.75) is 26.8 Å². The number of rotatable bonds is 8. The fraction of sp³-hybridized carbons (Fsp3) is 0.471. The maximum Gasteiger partial charge on any atom is 0.307 e. The maximum absolute atomic E-state index is 11.3. The van der Waals surface area contributed by atoms with E-state index in [-0.39, 0.29) is 5.92 Å². The van der Waals surface area contributed by atoms with Crippen molar-refractivity contribution in [2.24, 2.45) is 18.9 Å².